The summed E-state index contributed by atoms with van der Waals surface area (Å²) >= 11 is 8.15. The lowest BCUT2D eigenvalue weighted by Crippen LogP contribution is -2.31. The van der Waals surface area contributed by atoms with E-state index in [-0.39, 0.29) is 11.8 Å². The maximum atomic E-state index is 12.7. The number of nitrogens with zero attached hydrogens (tertiary/aromatic N) is 2. The molecule has 2 aliphatic heterocycles. The average molecular weight is 452 g/mol. The summed E-state index contributed by atoms with van der Waals surface area (Å²) in [5.74, 6) is 1.87. The molecule has 10 heteroatoms. The molecule has 3 rings (SSSR count). The highest BCUT2D eigenvalue weighted by Crippen LogP contribution is 2.34. The zero-order valence-corrected chi connectivity index (χ0v) is 18.5. The van der Waals surface area contributed by atoms with Crippen LogP contribution in [-0.4, -0.2) is 59.3 Å². The molecule has 154 valence electrons. The molecule has 1 aromatic carbocycles. The van der Waals surface area contributed by atoms with Gasteiger partial charge in [0.2, 0.25) is 5.91 Å². The van der Waals surface area contributed by atoms with Crippen molar-refractivity contribution in [3.8, 4) is 11.5 Å². The van der Waals surface area contributed by atoms with Crippen molar-refractivity contribution in [1.29, 1.82) is 0 Å². The number of benzene rings is 1. The first kappa shape index (κ1) is 21.7. The lowest BCUT2D eigenvalue weighted by molar-refractivity contribution is -0.123. The maximum absolute atomic E-state index is 12.7. The van der Waals surface area contributed by atoms with Gasteiger partial charge in [-0.05, 0) is 30.2 Å². The third-order valence-electron chi connectivity index (χ3n) is 4.20. The summed E-state index contributed by atoms with van der Waals surface area (Å²) in [6, 6.07) is 5.44. The van der Waals surface area contributed by atoms with Crippen LogP contribution in [0.5, 0.6) is 11.5 Å². The summed E-state index contributed by atoms with van der Waals surface area (Å²) in [4.78, 5) is 31.0. The lowest BCUT2D eigenvalue weighted by Gasteiger charge is -2.14. The first-order chi connectivity index (χ1) is 14.0. The Balaban J connectivity index is 1.57. The number of hydrogen-bond acceptors (Lipinski definition) is 8. The van der Waals surface area contributed by atoms with Gasteiger partial charge in [0.1, 0.15) is 4.32 Å². The minimum absolute atomic E-state index is 0.0931. The van der Waals surface area contributed by atoms with Crippen molar-refractivity contribution >= 4 is 63.1 Å². The van der Waals surface area contributed by atoms with Crippen molar-refractivity contribution in [2.45, 2.75) is 12.8 Å². The molecule has 1 saturated heterocycles. The molecule has 0 atom stereocenters. The van der Waals surface area contributed by atoms with Crippen molar-refractivity contribution in [2.24, 2.45) is 4.99 Å². The molecule has 0 aromatic heterocycles. The molecule has 0 aliphatic carbocycles. The summed E-state index contributed by atoms with van der Waals surface area (Å²) in [5.41, 5.74) is 0.817. The SMILES string of the molecule is COc1ccc(/C=C2/SC(=S)N(CCCC(=O)NC3=NCCS3)C2=O)cc1OC. The van der Waals surface area contributed by atoms with Crippen LogP contribution in [0.1, 0.15) is 18.4 Å². The Hall–Kier alpha value is -2.04. The molecular formula is C19H21N3O4S3. The number of hydrogen-bond donors (Lipinski definition) is 1. The van der Waals surface area contributed by atoms with Crippen LogP contribution in [0.4, 0.5) is 0 Å². The molecule has 0 unspecified atom stereocenters. The first-order valence-corrected chi connectivity index (χ1v) is 11.2. The maximum Gasteiger partial charge on any atom is 0.266 e. The fourth-order valence-electron chi connectivity index (χ4n) is 2.78. The molecular weight excluding hydrogens is 430 g/mol. The number of rotatable bonds is 7. The van der Waals surface area contributed by atoms with Crippen LogP contribution in [0.3, 0.4) is 0 Å². The van der Waals surface area contributed by atoms with Gasteiger partial charge in [0.25, 0.3) is 5.91 Å². The third kappa shape index (κ3) is 5.52. The Morgan fingerprint density at radius 3 is 2.83 bits per heavy atom. The van der Waals surface area contributed by atoms with Gasteiger partial charge in [-0.2, -0.15) is 0 Å². The largest absolute Gasteiger partial charge is 0.493 e. The fraction of sp³-hybridized carbons (Fsp3) is 0.368. The third-order valence-corrected chi connectivity index (χ3v) is 6.47. The molecule has 0 spiro atoms. The van der Waals surface area contributed by atoms with Crippen LogP contribution in [0.15, 0.2) is 28.1 Å². The van der Waals surface area contributed by atoms with Gasteiger partial charge >= 0.3 is 0 Å². The second kappa shape index (κ2) is 10.1. The number of amidine groups is 1. The molecule has 2 aliphatic rings. The highest BCUT2D eigenvalue weighted by molar-refractivity contribution is 8.26. The van der Waals surface area contributed by atoms with Crippen LogP contribution < -0.4 is 14.8 Å². The van der Waals surface area contributed by atoms with Crippen molar-refractivity contribution in [3.05, 3.63) is 28.7 Å². The molecule has 0 saturated carbocycles. The molecule has 1 aromatic rings. The normalized spacial score (nSPS) is 17.7. The van der Waals surface area contributed by atoms with Crippen LogP contribution in [-0.2, 0) is 9.59 Å². The highest BCUT2D eigenvalue weighted by atomic mass is 32.2. The zero-order valence-electron chi connectivity index (χ0n) is 16.1. The second-order valence-corrected chi connectivity index (χ2v) is 8.89. The molecule has 2 heterocycles. The summed E-state index contributed by atoms with van der Waals surface area (Å²) in [7, 11) is 3.14. The van der Waals surface area contributed by atoms with Gasteiger partial charge in [-0.3, -0.25) is 19.5 Å². The van der Waals surface area contributed by atoms with Gasteiger partial charge in [0.05, 0.1) is 25.7 Å². The number of carbonyl (C=O) groups excluding carboxylic acids is 2. The molecule has 0 bridgehead atoms. The second-order valence-electron chi connectivity index (χ2n) is 6.13. The van der Waals surface area contributed by atoms with Crippen LogP contribution >= 0.6 is 35.7 Å². The van der Waals surface area contributed by atoms with Gasteiger partial charge in [-0.25, -0.2) is 0 Å². The molecule has 0 radical (unpaired) electrons. The molecule has 1 fully saturated rings. The van der Waals surface area contributed by atoms with E-state index in [9.17, 15) is 9.59 Å². The van der Waals surface area contributed by atoms with Crippen LogP contribution in [0.2, 0.25) is 0 Å². The topological polar surface area (TPSA) is 80.2 Å². The van der Waals surface area contributed by atoms with Gasteiger partial charge in [-0.15, -0.1) is 0 Å². The number of nitrogens with one attached hydrogen (secondary N) is 1. The summed E-state index contributed by atoms with van der Waals surface area (Å²) in [5, 5.41) is 3.47. The van der Waals surface area contributed by atoms with Crippen LogP contribution in [0.25, 0.3) is 6.08 Å². The number of amides is 2. The number of carbonyl (C=O) groups is 2. The number of aliphatic imine (C=N–C) groups is 1. The minimum atomic E-state index is -0.147. The van der Waals surface area contributed by atoms with Crippen molar-refractivity contribution in [2.75, 3.05) is 33.1 Å². The molecule has 7 nitrogen and oxygen atoms in total. The summed E-state index contributed by atoms with van der Waals surface area (Å²) in [6.07, 6.45) is 2.62. The smallest absolute Gasteiger partial charge is 0.266 e. The van der Waals surface area contributed by atoms with E-state index in [1.54, 1.807) is 49.1 Å². The Kier molecular flexibility index (Phi) is 7.57. The van der Waals surface area contributed by atoms with Crippen molar-refractivity contribution < 1.29 is 19.1 Å². The Morgan fingerprint density at radius 2 is 2.14 bits per heavy atom. The molecule has 2 amide bonds. The minimum Gasteiger partial charge on any atom is -0.493 e. The lowest BCUT2D eigenvalue weighted by atomic mass is 10.2. The van der Waals surface area contributed by atoms with Gasteiger partial charge in [-0.1, -0.05) is 41.8 Å². The number of ether oxygens (including phenoxy) is 2. The highest BCUT2D eigenvalue weighted by Gasteiger charge is 2.31. The fourth-order valence-corrected chi connectivity index (χ4v) is 4.83. The van der Waals surface area contributed by atoms with E-state index < -0.39 is 0 Å². The van der Waals surface area contributed by atoms with E-state index in [2.05, 4.69) is 10.3 Å². The van der Waals surface area contributed by atoms with E-state index in [0.29, 0.717) is 45.3 Å². The summed E-state index contributed by atoms with van der Waals surface area (Å²) < 4.78 is 11.0. The van der Waals surface area contributed by atoms with E-state index in [4.69, 9.17) is 21.7 Å². The quantitative estimate of drug-likeness (QED) is 0.504. The Labute approximate surface area is 183 Å². The number of thioether (sulfide) groups is 2. The Morgan fingerprint density at radius 1 is 1.34 bits per heavy atom. The predicted molar refractivity (Wildman–Crippen MR) is 122 cm³/mol. The van der Waals surface area contributed by atoms with Crippen molar-refractivity contribution in [1.82, 2.24) is 10.2 Å². The van der Waals surface area contributed by atoms with E-state index in [0.717, 1.165) is 17.9 Å². The van der Waals surface area contributed by atoms with Gasteiger partial charge < -0.3 is 14.8 Å². The average Bonchev–Trinajstić information content (AvgIpc) is 3.31. The first-order valence-electron chi connectivity index (χ1n) is 8.96. The molecule has 1 N–H and O–H groups in total. The number of methoxy groups -OCH3 is 2. The van der Waals surface area contributed by atoms with Crippen LogP contribution in [0, 0.1) is 0 Å². The monoisotopic (exact) mass is 451 g/mol. The molecule has 29 heavy (non-hydrogen) atoms. The van der Waals surface area contributed by atoms with E-state index in [1.807, 2.05) is 6.07 Å². The van der Waals surface area contributed by atoms with Gasteiger partial charge in [0.15, 0.2) is 16.7 Å². The predicted octanol–water partition coefficient (Wildman–Crippen LogP) is 2.90. The van der Waals surface area contributed by atoms with Crippen molar-refractivity contribution in [3.63, 3.8) is 0 Å². The summed E-state index contributed by atoms with van der Waals surface area (Å²) in [6.45, 7) is 1.14. The van der Waals surface area contributed by atoms with Gasteiger partial charge in [0, 0.05) is 18.7 Å². The van der Waals surface area contributed by atoms with E-state index in [1.165, 1.54) is 11.8 Å². The van der Waals surface area contributed by atoms with E-state index >= 15 is 0 Å². The Bertz CT molecular complexity index is 885. The zero-order chi connectivity index (χ0) is 20.8. The standard InChI is InChI=1S/C19H21N3O4S3/c1-25-13-6-5-12(10-14(13)26-2)11-15-17(24)22(19(27)29-15)8-3-4-16(23)21-18-20-7-9-28-18/h5-6,10-11H,3-4,7-9H2,1-2H3,(H,20,21,23)/b15-11+. The number of thiocarbonyl (C=S) groups is 1.